The number of nitro benzene ring substituents is 1. The van der Waals surface area contributed by atoms with E-state index >= 15 is 0 Å². The number of hydrogen-bond donors (Lipinski definition) is 0. The van der Waals surface area contributed by atoms with Crippen LogP contribution in [0.25, 0.3) is 6.08 Å². The lowest BCUT2D eigenvalue weighted by Gasteiger charge is -2.26. The molecule has 48 heavy (non-hydrogen) atoms. The zero-order valence-electron chi connectivity index (χ0n) is 26.8. The number of methoxy groups -OCH3 is 2. The zero-order valence-corrected chi connectivity index (χ0v) is 29.2. The molecule has 0 fully saturated rings. The highest BCUT2D eigenvalue weighted by Crippen LogP contribution is 2.41. The quantitative estimate of drug-likeness (QED) is 0.105. The maximum Gasteiger partial charge on any atom is 0.338 e. The first kappa shape index (κ1) is 34.4. The molecule has 0 aliphatic carbocycles. The molecule has 1 aliphatic rings. The van der Waals surface area contributed by atoms with Gasteiger partial charge in [-0.25, -0.2) is 9.79 Å². The van der Waals surface area contributed by atoms with Crippen molar-refractivity contribution >= 4 is 45.0 Å². The van der Waals surface area contributed by atoms with Crippen molar-refractivity contribution in [3.8, 4) is 23.0 Å². The predicted octanol–water partition coefficient (Wildman–Crippen LogP) is 5.46. The Bertz CT molecular complexity index is 2090. The highest BCUT2D eigenvalue weighted by Gasteiger charge is 2.35. The molecule has 0 bridgehead atoms. The molecule has 0 radical (unpaired) electrons. The first-order valence-electron chi connectivity index (χ1n) is 14.8. The van der Waals surface area contributed by atoms with Crippen LogP contribution in [0.4, 0.5) is 5.69 Å². The highest BCUT2D eigenvalue weighted by molar-refractivity contribution is 9.10. The largest absolute Gasteiger partial charge is 0.493 e. The fourth-order valence-electron chi connectivity index (χ4n) is 5.19. The Morgan fingerprint density at radius 3 is 2.35 bits per heavy atom. The van der Waals surface area contributed by atoms with E-state index in [0.717, 1.165) is 5.56 Å². The lowest BCUT2D eigenvalue weighted by molar-refractivity contribution is -0.384. The molecule has 4 aromatic rings. The van der Waals surface area contributed by atoms with Crippen LogP contribution in [0.1, 0.15) is 43.5 Å². The molecule has 5 rings (SSSR count). The van der Waals surface area contributed by atoms with E-state index in [1.54, 1.807) is 62.4 Å². The van der Waals surface area contributed by atoms with Gasteiger partial charge in [-0.05, 0) is 79.9 Å². The molecule has 1 atom stereocenters. The number of nitrogens with zero attached hydrogens (tertiary/aromatic N) is 3. The van der Waals surface area contributed by atoms with Gasteiger partial charge in [-0.1, -0.05) is 33.3 Å². The Morgan fingerprint density at radius 2 is 1.71 bits per heavy atom. The van der Waals surface area contributed by atoms with Gasteiger partial charge in [0.2, 0.25) is 0 Å². The van der Waals surface area contributed by atoms with Crippen LogP contribution < -0.4 is 33.8 Å². The average Bonchev–Trinajstić information content (AvgIpc) is 3.37. The number of non-ortho nitro benzene ring substituents is 1. The Balaban J connectivity index is 1.56. The Hall–Kier alpha value is -4.95. The first-order valence-corrected chi connectivity index (χ1v) is 16.4. The summed E-state index contributed by atoms with van der Waals surface area (Å²) in [6.45, 7) is 6.03. The van der Waals surface area contributed by atoms with E-state index in [4.69, 9.17) is 23.7 Å². The highest BCUT2D eigenvalue weighted by atomic mass is 79.9. The Kier molecular flexibility index (Phi) is 10.6. The minimum absolute atomic E-state index is 0.00333. The van der Waals surface area contributed by atoms with Gasteiger partial charge in [0.05, 0.1) is 54.2 Å². The van der Waals surface area contributed by atoms with Crippen molar-refractivity contribution in [3.05, 3.63) is 117 Å². The van der Waals surface area contributed by atoms with Gasteiger partial charge in [-0.15, -0.1) is 0 Å². The van der Waals surface area contributed by atoms with Gasteiger partial charge in [0.25, 0.3) is 11.2 Å². The lowest BCUT2D eigenvalue weighted by atomic mass is 9.95. The predicted molar refractivity (Wildman–Crippen MR) is 183 cm³/mol. The Labute approximate surface area is 287 Å². The third-order valence-electron chi connectivity index (χ3n) is 7.42. The molecule has 12 nitrogen and oxygen atoms in total. The molecule has 2 heterocycles. The average molecular weight is 739 g/mol. The number of esters is 1. The molecule has 0 N–H and O–H groups in total. The molecule has 3 aromatic carbocycles. The summed E-state index contributed by atoms with van der Waals surface area (Å²) in [5, 5.41) is 10.9. The summed E-state index contributed by atoms with van der Waals surface area (Å²) < 4.78 is 30.7. The Morgan fingerprint density at radius 1 is 1.00 bits per heavy atom. The second-order valence-electron chi connectivity index (χ2n) is 10.4. The molecule has 0 amide bonds. The number of carbonyl (C=O) groups excluding carboxylic acids is 1. The van der Waals surface area contributed by atoms with Gasteiger partial charge >= 0.3 is 5.97 Å². The van der Waals surface area contributed by atoms with E-state index in [-0.39, 0.29) is 30.0 Å². The van der Waals surface area contributed by atoms with Crippen molar-refractivity contribution in [2.45, 2.75) is 33.4 Å². The summed E-state index contributed by atoms with van der Waals surface area (Å²) in [4.78, 5) is 43.1. The monoisotopic (exact) mass is 737 g/mol. The number of carbonyl (C=O) groups is 1. The van der Waals surface area contributed by atoms with Crippen LogP contribution in [-0.4, -0.2) is 42.9 Å². The molecule has 250 valence electrons. The first-order chi connectivity index (χ1) is 23.1. The molecule has 1 aliphatic heterocycles. The zero-order chi connectivity index (χ0) is 34.5. The van der Waals surface area contributed by atoms with Crippen LogP contribution in [0.5, 0.6) is 23.0 Å². The number of thiazole rings is 1. The van der Waals surface area contributed by atoms with Crippen molar-refractivity contribution in [1.82, 2.24) is 4.57 Å². The molecular formula is C34H32BrN3O9S. The van der Waals surface area contributed by atoms with Gasteiger partial charge in [0.15, 0.2) is 27.8 Å². The third-order valence-corrected chi connectivity index (χ3v) is 9.09. The number of hydrogen-bond acceptors (Lipinski definition) is 11. The van der Waals surface area contributed by atoms with E-state index in [1.807, 2.05) is 6.92 Å². The third kappa shape index (κ3) is 6.99. The van der Waals surface area contributed by atoms with Crippen LogP contribution in [0, 0.1) is 10.1 Å². The summed E-state index contributed by atoms with van der Waals surface area (Å²) in [5.74, 6) is 1.26. The fraction of sp³-hybridized carbons (Fsp3) is 0.265. The number of benzene rings is 3. The summed E-state index contributed by atoms with van der Waals surface area (Å²) in [7, 11) is 3.03. The maximum atomic E-state index is 14.2. The standard InChI is InChI=1S/C34H32BrN3O9S/c1-6-45-28-17-24(35)23(16-27(28)44-5)31-30(33(40)46-7-2)19(3)36-34-37(31)32(39)29(48-34)15-21-10-13-25(26(14-21)43-4)47-18-20-8-11-22(12-9-20)38(41)42/h8-17,31H,6-7,18H2,1-5H3/b29-15+/t31-/m0/s1. The number of halogens is 1. The van der Waals surface area contributed by atoms with Crippen LogP contribution >= 0.6 is 27.3 Å². The minimum Gasteiger partial charge on any atom is -0.493 e. The fourth-order valence-corrected chi connectivity index (χ4v) is 6.78. The van der Waals surface area contributed by atoms with Crippen molar-refractivity contribution in [3.63, 3.8) is 0 Å². The molecule has 14 heteroatoms. The topological polar surface area (TPSA) is 141 Å². The van der Waals surface area contributed by atoms with Gasteiger partial charge in [0.1, 0.15) is 6.61 Å². The molecule has 0 spiro atoms. The second-order valence-corrected chi connectivity index (χ2v) is 12.2. The summed E-state index contributed by atoms with van der Waals surface area (Å²) in [6, 6.07) is 14.0. The van der Waals surface area contributed by atoms with E-state index in [1.165, 1.54) is 42.3 Å². The number of nitro groups is 1. The van der Waals surface area contributed by atoms with E-state index in [2.05, 4.69) is 20.9 Å². The summed E-state index contributed by atoms with van der Waals surface area (Å²) >= 11 is 4.83. The second kappa shape index (κ2) is 14.9. The van der Waals surface area contributed by atoms with E-state index in [9.17, 15) is 19.7 Å². The van der Waals surface area contributed by atoms with Crippen LogP contribution in [0.3, 0.4) is 0 Å². The number of ether oxygens (including phenoxy) is 5. The van der Waals surface area contributed by atoms with E-state index in [0.29, 0.717) is 60.2 Å². The van der Waals surface area contributed by atoms with Gasteiger partial charge in [0, 0.05) is 16.6 Å². The normalized spacial score (nSPS) is 14.2. The molecular weight excluding hydrogens is 706 g/mol. The van der Waals surface area contributed by atoms with Crippen molar-refractivity contribution in [2.75, 3.05) is 27.4 Å². The van der Waals surface area contributed by atoms with Crippen molar-refractivity contribution in [1.29, 1.82) is 0 Å². The van der Waals surface area contributed by atoms with Gasteiger partial charge in [-0.3, -0.25) is 19.5 Å². The SMILES string of the molecule is CCOC(=O)C1=C(C)N=c2s/c(=C/c3ccc(OCc4ccc([N+](=O)[O-])cc4)c(OC)c3)c(=O)n2[C@H]1c1cc(OC)c(OCC)cc1Br. The minimum atomic E-state index is -0.869. The smallest absolute Gasteiger partial charge is 0.338 e. The molecule has 1 aromatic heterocycles. The molecule has 0 saturated heterocycles. The van der Waals surface area contributed by atoms with Gasteiger partial charge in [-0.2, -0.15) is 0 Å². The van der Waals surface area contributed by atoms with Gasteiger partial charge < -0.3 is 23.7 Å². The summed E-state index contributed by atoms with van der Waals surface area (Å²) in [5.41, 5.74) is 2.32. The maximum absolute atomic E-state index is 14.2. The van der Waals surface area contributed by atoms with E-state index < -0.39 is 16.9 Å². The van der Waals surface area contributed by atoms with Crippen molar-refractivity contribution in [2.24, 2.45) is 4.99 Å². The van der Waals surface area contributed by atoms with Crippen LogP contribution in [0.15, 0.2) is 80.1 Å². The number of allylic oxidation sites excluding steroid dienone is 1. The lowest BCUT2D eigenvalue weighted by Crippen LogP contribution is -2.40. The number of aromatic nitrogens is 1. The number of fused-ring (bicyclic) bond motifs is 1. The molecule has 0 saturated carbocycles. The van der Waals surface area contributed by atoms with Crippen LogP contribution in [0.2, 0.25) is 0 Å². The number of rotatable bonds is 12. The van der Waals surface area contributed by atoms with Crippen LogP contribution in [-0.2, 0) is 16.1 Å². The summed E-state index contributed by atoms with van der Waals surface area (Å²) in [6.07, 6.45) is 1.72. The molecule has 0 unspecified atom stereocenters. The van der Waals surface area contributed by atoms with Crippen molar-refractivity contribution < 1.29 is 33.4 Å².